The van der Waals surface area contributed by atoms with E-state index in [0.717, 1.165) is 22.2 Å². The quantitative estimate of drug-likeness (QED) is 0.773. The fourth-order valence-electron chi connectivity index (χ4n) is 1.88. The molecule has 1 aromatic carbocycles. The summed E-state index contributed by atoms with van der Waals surface area (Å²) in [5.74, 6) is 0.781. The number of para-hydroxylation sites is 1. The van der Waals surface area contributed by atoms with Gasteiger partial charge in [-0.05, 0) is 29.5 Å². The minimum absolute atomic E-state index is 0.596. The minimum atomic E-state index is 0.596. The van der Waals surface area contributed by atoms with E-state index in [9.17, 15) is 0 Å². The first-order valence-corrected chi connectivity index (χ1v) is 7.15. The molecule has 3 aromatic rings. The van der Waals surface area contributed by atoms with Gasteiger partial charge in [0.2, 0.25) is 0 Å². The minimum Gasteiger partial charge on any atom is -0.304 e. The molecule has 1 N–H and O–H groups in total. The van der Waals surface area contributed by atoms with Crippen LogP contribution in [0.15, 0.2) is 35.7 Å². The number of aryl methyl sites for hydroxylation is 1. The first-order valence-electron chi connectivity index (χ1n) is 6.27. The Morgan fingerprint density at radius 3 is 2.80 bits per heavy atom. The van der Waals surface area contributed by atoms with Crippen molar-refractivity contribution in [3.63, 3.8) is 0 Å². The summed E-state index contributed by atoms with van der Waals surface area (Å²) >= 11 is 1.66. The highest BCUT2D eigenvalue weighted by molar-refractivity contribution is 7.09. The molecule has 0 amide bonds. The third-order valence-electron chi connectivity index (χ3n) is 2.79. The molecule has 0 atom stereocenters. The number of rotatable bonds is 5. The van der Waals surface area contributed by atoms with Gasteiger partial charge in [0.15, 0.2) is 5.82 Å². The average Bonchev–Trinajstić information content (AvgIpc) is 3.09. The molecule has 2 heterocycles. The van der Waals surface area contributed by atoms with Gasteiger partial charge < -0.3 is 5.32 Å². The number of tetrazole rings is 1. The van der Waals surface area contributed by atoms with E-state index in [1.807, 2.05) is 37.3 Å². The molecular weight excluding hydrogens is 272 g/mol. The molecule has 6 nitrogen and oxygen atoms in total. The molecular formula is C13H14N6S. The zero-order chi connectivity index (χ0) is 13.8. The van der Waals surface area contributed by atoms with Gasteiger partial charge in [0.05, 0.1) is 22.9 Å². The molecule has 0 unspecified atom stereocenters. The van der Waals surface area contributed by atoms with Crippen molar-refractivity contribution in [2.45, 2.75) is 20.0 Å². The van der Waals surface area contributed by atoms with Crippen LogP contribution >= 0.6 is 11.3 Å². The van der Waals surface area contributed by atoms with Crippen molar-refractivity contribution in [3.05, 3.63) is 52.2 Å². The van der Waals surface area contributed by atoms with Gasteiger partial charge in [-0.2, -0.15) is 4.68 Å². The van der Waals surface area contributed by atoms with Crippen LogP contribution in [0.25, 0.3) is 5.69 Å². The standard InChI is InChI=1S/C13H14N6S/c1-10-15-11(9-20-10)7-14-8-13-16-17-18-19(13)12-5-3-2-4-6-12/h2-6,9,14H,7-8H2,1H3. The van der Waals surface area contributed by atoms with E-state index in [-0.39, 0.29) is 0 Å². The Bertz CT molecular complexity index is 675. The monoisotopic (exact) mass is 286 g/mol. The van der Waals surface area contributed by atoms with Gasteiger partial charge in [-0.15, -0.1) is 16.4 Å². The Labute approximate surface area is 120 Å². The lowest BCUT2D eigenvalue weighted by atomic mass is 10.3. The number of thiazole rings is 1. The highest BCUT2D eigenvalue weighted by atomic mass is 32.1. The van der Waals surface area contributed by atoms with E-state index < -0.39 is 0 Å². The SMILES string of the molecule is Cc1nc(CNCc2nnnn2-c2ccccc2)cs1. The summed E-state index contributed by atoms with van der Waals surface area (Å²) in [5.41, 5.74) is 2.00. The number of aromatic nitrogens is 5. The van der Waals surface area contributed by atoms with Gasteiger partial charge in [-0.3, -0.25) is 0 Å². The molecule has 0 aliphatic carbocycles. The van der Waals surface area contributed by atoms with Crippen molar-refractivity contribution in [2.24, 2.45) is 0 Å². The summed E-state index contributed by atoms with van der Waals surface area (Å²) < 4.78 is 1.74. The van der Waals surface area contributed by atoms with Crippen LogP contribution in [0.5, 0.6) is 0 Å². The van der Waals surface area contributed by atoms with Crippen molar-refractivity contribution in [1.82, 2.24) is 30.5 Å². The Balaban J connectivity index is 1.65. The lowest BCUT2D eigenvalue weighted by molar-refractivity contribution is 0.634. The normalized spacial score (nSPS) is 10.8. The van der Waals surface area contributed by atoms with E-state index in [0.29, 0.717) is 13.1 Å². The number of nitrogens with zero attached hydrogens (tertiary/aromatic N) is 5. The molecule has 0 aliphatic heterocycles. The van der Waals surface area contributed by atoms with E-state index in [2.05, 4.69) is 31.2 Å². The second-order valence-electron chi connectivity index (χ2n) is 4.30. The molecule has 102 valence electrons. The Morgan fingerprint density at radius 2 is 2.05 bits per heavy atom. The largest absolute Gasteiger partial charge is 0.304 e. The smallest absolute Gasteiger partial charge is 0.170 e. The topological polar surface area (TPSA) is 68.5 Å². The Hall–Kier alpha value is -2.12. The van der Waals surface area contributed by atoms with Crippen LogP contribution in [0.2, 0.25) is 0 Å². The van der Waals surface area contributed by atoms with E-state index in [1.54, 1.807) is 16.0 Å². The molecule has 0 aliphatic rings. The third-order valence-corrected chi connectivity index (χ3v) is 3.61. The Morgan fingerprint density at radius 1 is 1.20 bits per heavy atom. The zero-order valence-corrected chi connectivity index (χ0v) is 11.8. The fraction of sp³-hybridized carbons (Fsp3) is 0.231. The second kappa shape index (κ2) is 5.89. The van der Waals surface area contributed by atoms with E-state index >= 15 is 0 Å². The van der Waals surface area contributed by atoms with Gasteiger partial charge >= 0.3 is 0 Å². The average molecular weight is 286 g/mol. The maximum absolute atomic E-state index is 4.41. The molecule has 0 saturated heterocycles. The van der Waals surface area contributed by atoms with Crippen molar-refractivity contribution in [1.29, 1.82) is 0 Å². The van der Waals surface area contributed by atoms with E-state index in [4.69, 9.17) is 0 Å². The van der Waals surface area contributed by atoms with Gasteiger partial charge in [-0.25, -0.2) is 4.98 Å². The molecule has 0 saturated carbocycles. The van der Waals surface area contributed by atoms with Gasteiger partial charge in [0, 0.05) is 11.9 Å². The first-order chi connectivity index (χ1) is 9.83. The van der Waals surface area contributed by atoms with Crippen molar-refractivity contribution >= 4 is 11.3 Å². The van der Waals surface area contributed by atoms with Gasteiger partial charge in [0.1, 0.15) is 0 Å². The zero-order valence-electron chi connectivity index (χ0n) is 11.0. The predicted octanol–water partition coefficient (Wildman–Crippen LogP) is 1.72. The molecule has 7 heteroatoms. The summed E-state index contributed by atoms with van der Waals surface area (Å²) in [4.78, 5) is 4.41. The van der Waals surface area contributed by atoms with Crippen LogP contribution < -0.4 is 5.32 Å². The fourth-order valence-corrected chi connectivity index (χ4v) is 2.49. The highest BCUT2D eigenvalue weighted by Gasteiger charge is 2.07. The third kappa shape index (κ3) is 2.89. The highest BCUT2D eigenvalue weighted by Crippen LogP contribution is 2.09. The number of benzene rings is 1. The summed E-state index contributed by atoms with van der Waals surface area (Å²) in [7, 11) is 0. The summed E-state index contributed by atoms with van der Waals surface area (Å²) in [6.07, 6.45) is 0. The van der Waals surface area contributed by atoms with E-state index in [1.165, 1.54) is 0 Å². The van der Waals surface area contributed by atoms with Crippen LogP contribution in [0.1, 0.15) is 16.5 Å². The lowest BCUT2D eigenvalue weighted by Crippen LogP contribution is -2.17. The van der Waals surface area contributed by atoms with Crippen LogP contribution in [-0.4, -0.2) is 25.2 Å². The first kappa shape index (κ1) is 12.9. The molecule has 3 rings (SSSR count). The molecule has 0 bridgehead atoms. The predicted molar refractivity (Wildman–Crippen MR) is 76.5 cm³/mol. The summed E-state index contributed by atoms with van der Waals surface area (Å²) in [6, 6.07) is 9.85. The molecule has 20 heavy (non-hydrogen) atoms. The maximum Gasteiger partial charge on any atom is 0.170 e. The number of hydrogen-bond donors (Lipinski definition) is 1. The molecule has 0 radical (unpaired) electrons. The Kier molecular flexibility index (Phi) is 3.80. The van der Waals surface area contributed by atoms with Crippen molar-refractivity contribution < 1.29 is 0 Å². The van der Waals surface area contributed by atoms with Crippen molar-refractivity contribution in [3.8, 4) is 5.69 Å². The number of nitrogens with one attached hydrogen (secondary N) is 1. The molecule has 0 spiro atoms. The lowest BCUT2D eigenvalue weighted by Gasteiger charge is -2.04. The molecule has 0 fully saturated rings. The van der Waals surface area contributed by atoms with Crippen LogP contribution in [0.4, 0.5) is 0 Å². The van der Waals surface area contributed by atoms with Crippen molar-refractivity contribution in [2.75, 3.05) is 0 Å². The maximum atomic E-state index is 4.41. The summed E-state index contributed by atoms with van der Waals surface area (Å²) in [6.45, 7) is 3.31. The molecule has 2 aromatic heterocycles. The second-order valence-corrected chi connectivity index (χ2v) is 5.37. The van der Waals surface area contributed by atoms with Gasteiger partial charge in [0.25, 0.3) is 0 Å². The van der Waals surface area contributed by atoms with Crippen LogP contribution in [0.3, 0.4) is 0 Å². The van der Waals surface area contributed by atoms with Gasteiger partial charge in [-0.1, -0.05) is 18.2 Å². The summed E-state index contributed by atoms with van der Waals surface area (Å²) in [5, 5.41) is 18.3. The van der Waals surface area contributed by atoms with Crippen LogP contribution in [-0.2, 0) is 13.1 Å². The van der Waals surface area contributed by atoms with Crippen LogP contribution in [0, 0.1) is 6.92 Å². The number of hydrogen-bond acceptors (Lipinski definition) is 6.